The van der Waals surface area contributed by atoms with Gasteiger partial charge >= 0.3 is 0 Å². The first-order valence-electron chi connectivity index (χ1n) is 10.5. The van der Waals surface area contributed by atoms with Crippen molar-refractivity contribution in [2.45, 2.75) is 83.2 Å². The molecule has 0 radical (unpaired) electrons. The lowest BCUT2D eigenvalue weighted by molar-refractivity contribution is -0.127. The van der Waals surface area contributed by atoms with E-state index in [1.165, 1.54) is 0 Å². The molecule has 0 spiro atoms. The van der Waals surface area contributed by atoms with Crippen molar-refractivity contribution in [3.63, 3.8) is 0 Å². The van der Waals surface area contributed by atoms with E-state index < -0.39 is 8.32 Å². The Morgan fingerprint density at radius 1 is 1.15 bits per heavy atom. The van der Waals surface area contributed by atoms with Gasteiger partial charge < -0.3 is 13.9 Å². The Balaban J connectivity index is 1.89. The fourth-order valence-electron chi connectivity index (χ4n) is 3.86. The predicted molar refractivity (Wildman–Crippen MR) is 112 cm³/mol. The van der Waals surface area contributed by atoms with Crippen LogP contribution in [-0.4, -0.2) is 40.0 Å². The van der Waals surface area contributed by atoms with Gasteiger partial charge in [0.05, 0.1) is 19.3 Å². The summed E-state index contributed by atoms with van der Waals surface area (Å²) in [6, 6.07) is 11.3. The monoisotopic (exact) mass is 392 g/mol. The maximum atomic E-state index is 12.6. The maximum Gasteiger partial charge on any atom is 0.192 e. The van der Waals surface area contributed by atoms with Crippen molar-refractivity contribution in [3.05, 3.63) is 29.8 Å². The van der Waals surface area contributed by atoms with Gasteiger partial charge in [-0.05, 0) is 55.1 Å². The lowest BCUT2D eigenvalue weighted by Gasteiger charge is -2.39. The van der Waals surface area contributed by atoms with Crippen molar-refractivity contribution in [1.82, 2.24) is 0 Å². The number of rotatable bonds is 11. The van der Waals surface area contributed by atoms with Gasteiger partial charge in [-0.15, -0.1) is 0 Å². The maximum absolute atomic E-state index is 12.6. The number of methoxy groups -OCH3 is 1. The fourth-order valence-corrected chi connectivity index (χ4v) is 6.77. The highest BCUT2D eigenvalue weighted by molar-refractivity contribution is 6.73. The summed E-state index contributed by atoms with van der Waals surface area (Å²) in [4.78, 5) is 12.6. The summed E-state index contributed by atoms with van der Waals surface area (Å²) in [6.45, 7) is 7.49. The molecule has 0 N–H and O–H groups in total. The van der Waals surface area contributed by atoms with Crippen molar-refractivity contribution in [2.75, 3.05) is 13.7 Å². The average molecular weight is 393 g/mol. The molecule has 0 bridgehead atoms. The molecular weight excluding hydrogens is 356 g/mol. The van der Waals surface area contributed by atoms with Crippen LogP contribution in [0.4, 0.5) is 0 Å². The highest BCUT2D eigenvalue weighted by Crippen LogP contribution is 2.30. The lowest BCUT2D eigenvalue weighted by atomic mass is 9.98. The summed E-state index contributed by atoms with van der Waals surface area (Å²) < 4.78 is 17.8. The number of carbonyl (C=O) groups is 1. The number of ketones is 1. The summed E-state index contributed by atoms with van der Waals surface area (Å²) in [5.41, 5.74) is 1.16. The number of aryl methyl sites for hydroxylation is 1. The minimum absolute atomic E-state index is 0.0707. The van der Waals surface area contributed by atoms with Crippen molar-refractivity contribution in [3.8, 4) is 5.75 Å². The van der Waals surface area contributed by atoms with Crippen LogP contribution in [0.5, 0.6) is 5.75 Å². The normalized spacial score (nSPS) is 20.4. The average Bonchev–Trinajstić information content (AvgIpc) is 2.72. The van der Waals surface area contributed by atoms with Crippen molar-refractivity contribution >= 4 is 14.1 Å². The fraction of sp³-hybridized carbons (Fsp3) is 0.682. The van der Waals surface area contributed by atoms with Gasteiger partial charge in [-0.3, -0.25) is 4.79 Å². The van der Waals surface area contributed by atoms with E-state index in [2.05, 4.69) is 20.8 Å². The second kappa shape index (κ2) is 11.0. The molecule has 4 nitrogen and oxygen atoms in total. The lowest BCUT2D eigenvalue weighted by Crippen LogP contribution is -2.47. The number of ether oxygens (including phenoxy) is 2. The van der Waals surface area contributed by atoms with Gasteiger partial charge in [0.25, 0.3) is 0 Å². The van der Waals surface area contributed by atoms with Crippen LogP contribution in [0.15, 0.2) is 24.3 Å². The van der Waals surface area contributed by atoms with Crippen molar-refractivity contribution in [2.24, 2.45) is 0 Å². The molecule has 0 unspecified atom stereocenters. The molecule has 1 aliphatic rings. The Morgan fingerprint density at radius 2 is 1.81 bits per heavy atom. The molecule has 152 valence electrons. The van der Waals surface area contributed by atoms with E-state index >= 15 is 0 Å². The second-order valence-corrected chi connectivity index (χ2v) is 12.3. The van der Waals surface area contributed by atoms with E-state index in [4.69, 9.17) is 13.9 Å². The number of Topliss-reactive ketones (excluding diaryl/α,β-unsaturated/α-hetero) is 1. The SMILES string of the molecule is CC[Si](CC)(CC)O[C@@H]1CCCO[C@@H]1CC(=O)CCc1ccc(OC)cc1. The summed E-state index contributed by atoms with van der Waals surface area (Å²) in [7, 11) is -0.0200. The minimum Gasteiger partial charge on any atom is -0.497 e. The molecule has 1 aliphatic heterocycles. The zero-order valence-electron chi connectivity index (χ0n) is 17.5. The standard InChI is InChI=1S/C22H36O4Si/c1-5-27(6-2,7-3)26-21-9-8-16-25-22(21)17-19(23)13-10-18-11-14-20(24-4)15-12-18/h11-12,14-15,21-22H,5-10,13,16-17H2,1-4H3/t21-,22-/m1/s1. The van der Waals surface area contributed by atoms with Gasteiger partial charge in [0.1, 0.15) is 11.5 Å². The predicted octanol–water partition coefficient (Wildman–Crippen LogP) is 5.16. The Kier molecular flexibility index (Phi) is 9.00. The molecule has 2 rings (SSSR count). The molecule has 1 aromatic rings. The Labute approximate surface area is 165 Å². The first kappa shape index (κ1) is 22.1. The molecule has 1 heterocycles. The van der Waals surface area contributed by atoms with Crippen LogP contribution in [0.25, 0.3) is 0 Å². The highest BCUT2D eigenvalue weighted by Gasteiger charge is 2.37. The zero-order valence-corrected chi connectivity index (χ0v) is 18.5. The molecule has 1 fully saturated rings. The third-order valence-electron chi connectivity index (χ3n) is 5.99. The molecular formula is C22H36O4Si. The molecule has 0 amide bonds. The molecule has 0 aromatic heterocycles. The third kappa shape index (κ3) is 6.44. The first-order chi connectivity index (χ1) is 13.1. The Morgan fingerprint density at radius 3 is 2.41 bits per heavy atom. The molecule has 1 aromatic carbocycles. The van der Waals surface area contributed by atoms with Crippen LogP contribution in [0.3, 0.4) is 0 Å². The van der Waals surface area contributed by atoms with E-state index in [9.17, 15) is 4.79 Å². The van der Waals surface area contributed by atoms with Crippen LogP contribution in [0.2, 0.25) is 18.1 Å². The van der Waals surface area contributed by atoms with Gasteiger partial charge in [-0.1, -0.05) is 32.9 Å². The number of benzene rings is 1. The van der Waals surface area contributed by atoms with Gasteiger partial charge in [0, 0.05) is 19.4 Å². The Bertz CT molecular complexity index is 560. The van der Waals surface area contributed by atoms with E-state index in [0.29, 0.717) is 12.8 Å². The van der Waals surface area contributed by atoms with Gasteiger partial charge in [0.15, 0.2) is 8.32 Å². The molecule has 1 saturated heterocycles. The Hall–Kier alpha value is -1.17. The second-order valence-electron chi connectivity index (χ2n) is 7.54. The van der Waals surface area contributed by atoms with Gasteiger partial charge in [-0.2, -0.15) is 0 Å². The third-order valence-corrected chi connectivity index (χ3v) is 10.7. The van der Waals surface area contributed by atoms with Gasteiger partial charge in [-0.25, -0.2) is 0 Å². The molecule has 0 aliphatic carbocycles. The minimum atomic E-state index is -1.68. The van der Waals surface area contributed by atoms with E-state index in [1.807, 2.05) is 24.3 Å². The molecule has 27 heavy (non-hydrogen) atoms. The number of carbonyl (C=O) groups excluding carboxylic acids is 1. The zero-order chi connectivity index (χ0) is 19.7. The van der Waals surface area contributed by atoms with Crippen LogP contribution >= 0.6 is 0 Å². The number of hydrogen-bond acceptors (Lipinski definition) is 4. The van der Waals surface area contributed by atoms with Gasteiger partial charge in [0.2, 0.25) is 0 Å². The van der Waals surface area contributed by atoms with Crippen LogP contribution in [0, 0.1) is 0 Å². The highest BCUT2D eigenvalue weighted by atomic mass is 28.4. The van der Waals surface area contributed by atoms with Crippen molar-refractivity contribution in [1.29, 1.82) is 0 Å². The first-order valence-corrected chi connectivity index (χ1v) is 13.0. The van der Waals surface area contributed by atoms with Crippen molar-refractivity contribution < 1.29 is 18.7 Å². The van der Waals surface area contributed by atoms with Crippen LogP contribution in [0.1, 0.15) is 52.0 Å². The molecule has 0 saturated carbocycles. The quantitative estimate of drug-likeness (QED) is 0.488. The van der Waals surface area contributed by atoms with E-state index in [0.717, 1.165) is 55.3 Å². The topological polar surface area (TPSA) is 44.8 Å². The summed E-state index contributed by atoms with van der Waals surface area (Å²) in [5, 5.41) is 0. The smallest absolute Gasteiger partial charge is 0.192 e. The van der Waals surface area contributed by atoms with E-state index in [-0.39, 0.29) is 18.0 Å². The van der Waals surface area contributed by atoms with E-state index in [1.54, 1.807) is 7.11 Å². The molecule has 5 heteroatoms. The summed E-state index contributed by atoms with van der Waals surface area (Å²) in [6.07, 6.45) is 3.86. The summed E-state index contributed by atoms with van der Waals surface area (Å²) >= 11 is 0. The number of hydrogen-bond donors (Lipinski definition) is 0. The molecule has 2 atom stereocenters. The summed E-state index contributed by atoms with van der Waals surface area (Å²) in [5.74, 6) is 1.11. The largest absolute Gasteiger partial charge is 0.497 e. The van der Waals surface area contributed by atoms with Crippen LogP contribution in [-0.2, 0) is 20.4 Å². The van der Waals surface area contributed by atoms with Crippen LogP contribution < -0.4 is 4.74 Å².